The van der Waals surface area contributed by atoms with Gasteiger partial charge in [0.25, 0.3) is 0 Å². The lowest BCUT2D eigenvalue weighted by atomic mass is 10.1. The lowest BCUT2D eigenvalue weighted by molar-refractivity contribution is -0.134. The molecule has 0 spiro atoms. The van der Waals surface area contributed by atoms with Crippen LogP contribution in [0.1, 0.15) is 24.0 Å². The Morgan fingerprint density at radius 3 is 2.79 bits per heavy atom. The fraction of sp³-hybridized carbons (Fsp3) is 0.364. The van der Waals surface area contributed by atoms with Crippen molar-refractivity contribution in [1.29, 1.82) is 0 Å². The molecule has 3 rings (SSSR count). The zero-order valence-electron chi connectivity index (χ0n) is 16.2. The number of halogens is 2. The average Bonchev–Trinajstić information content (AvgIpc) is 2.71. The van der Waals surface area contributed by atoms with E-state index in [1.54, 1.807) is 6.07 Å². The summed E-state index contributed by atoms with van der Waals surface area (Å²) in [6.07, 6.45) is 1.80. The van der Waals surface area contributed by atoms with Crippen LogP contribution in [-0.4, -0.2) is 42.4 Å². The van der Waals surface area contributed by atoms with E-state index in [9.17, 15) is 14.0 Å². The topological polar surface area (TPSA) is 61.4 Å². The van der Waals surface area contributed by atoms with Crippen molar-refractivity contribution in [2.45, 2.75) is 31.8 Å². The Bertz CT molecular complexity index is 847. The molecular formula is C22H25ClFN3O2. The quantitative estimate of drug-likeness (QED) is 0.649. The first-order valence-electron chi connectivity index (χ1n) is 9.79. The summed E-state index contributed by atoms with van der Waals surface area (Å²) in [4.78, 5) is 26.7. The van der Waals surface area contributed by atoms with E-state index < -0.39 is 11.9 Å². The number of nitrogens with zero attached hydrogens (tertiary/aromatic N) is 1. The van der Waals surface area contributed by atoms with E-state index in [2.05, 4.69) is 22.8 Å². The van der Waals surface area contributed by atoms with Gasteiger partial charge < -0.3 is 10.6 Å². The van der Waals surface area contributed by atoms with Gasteiger partial charge in [-0.15, -0.1) is 0 Å². The highest BCUT2D eigenvalue weighted by Gasteiger charge is 2.31. The molecule has 1 heterocycles. The Hall–Kier alpha value is -2.44. The summed E-state index contributed by atoms with van der Waals surface area (Å²) in [5, 5.41) is 6.03. The first-order valence-corrected chi connectivity index (χ1v) is 10.2. The molecule has 2 amide bonds. The number of carbonyl (C=O) groups excluding carboxylic acids is 2. The molecule has 1 aliphatic rings. The summed E-state index contributed by atoms with van der Waals surface area (Å²) < 4.78 is 13.3. The van der Waals surface area contributed by atoms with Crippen molar-refractivity contribution in [3.05, 3.63) is 70.5 Å². The van der Waals surface area contributed by atoms with Gasteiger partial charge in [-0.3, -0.25) is 14.5 Å². The fourth-order valence-electron chi connectivity index (χ4n) is 3.45. The van der Waals surface area contributed by atoms with Gasteiger partial charge in [0.1, 0.15) is 5.82 Å². The first-order chi connectivity index (χ1) is 14.0. The molecule has 2 N–H and O–H groups in total. The number of piperazine rings is 1. The molecule has 0 aromatic heterocycles. The number of hydrogen-bond donors (Lipinski definition) is 2. The van der Waals surface area contributed by atoms with E-state index >= 15 is 0 Å². The lowest BCUT2D eigenvalue weighted by Crippen LogP contribution is -2.56. The summed E-state index contributed by atoms with van der Waals surface area (Å²) in [6, 6.07) is 13.7. The molecule has 1 aliphatic heterocycles. The molecule has 7 heteroatoms. The van der Waals surface area contributed by atoms with Gasteiger partial charge in [0.05, 0.1) is 12.5 Å². The highest BCUT2D eigenvalue weighted by Crippen LogP contribution is 2.21. The van der Waals surface area contributed by atoms with Crippen LogP contribution in [0.5, 0.6) is 0 Å². The molecule has 1 saturated heterocycles. The summed E-state index contributed by atoms with van der Waals surface area (Å²) in [7, 11) is 0. The van der Waals surface area contributed by atoms with Crippen LogP contribution in [0.4, 0.5) is 4.39 Å². The number of nitrogens with one attached hydrogen (secondary N) is 2. The van der Waals surface area contributed by atoms with Gasteiger partial charge >= 0.3 is 0 Å². The van der Waals surface area contributed by atoms with Crippen molar-refractivity contribution >= 4 is 23.4 Å². The standard InChI is InChI=1S/C22H25ClFN3O2/c23-19-13-18(24)9-8-17(19)15-27-12-11-26-22(29)20(27)14-21(28)25-10-4-7-16-5-2-1-3-6-16/h1-3,5-6,8-9,13,20H,4,7,10-12,14-15H2,(H,25,28)(H,26,29)/t20-/m0/s1. The Morgan fingerprint density at radius 2 is 2.03 bits per heavy atom. The summed E-state index contributed by atoms with van der Waals surface area (Å²) in [5.74, 6) is -0.731. The van der Waals surface area contributed by atoms with E-state index in [0.29, 0.717) is 31.2 Å². The Labute approximate surface area is 175 Å². The maximum absolute atomic E-state index is 13.3. The summed E-state index contributed by atoms with van der Waals surface area (Å²) in [6.45, 7) is 2.06. The minimum absolute atomic E-state index is 0.0793. The van der Waals surface area contributed by atoms with Crippen LogP contribution < -0.4 is 10.6 Å². The van der Waals surface area contributed by atoms with Gasteiger partial charge in [0, 0.05) is 31.2 Å². The van der Waals surface area contributed by atoms with Crippen LogP contribution in [0, 0.1) is 5.82 Å². The third-order valence-electron chi connectivity index (χ3n) is 5.02. The van der Waals surface area contributed by atoms with Gasteiger partial charge in [0.15, 0.2) is 0 Å². The van der Waals surface area contributed by atoms with Crippen LogP contribution in [0.25, 0.3) is 0 Å². The van der Waals surface area contributed by atoms with Crippen LogP contribution in [-0.2, 0) is 22.6 Å². The fourth-order valence-corrected chi connectivity index (χ4v) is 3.68. The second-order valence-corrected chi connectivity index (χ2v) is 7.56. The minimum atomic E-state index is -0.570. The predicted octanol–water partition coefficient (Wildman–Crippen LogP) is 2.92. The number of benzene rings is 2. The SMILES string of the molecule is O=C(C[C@H]1C(=O)NCCN1Cc1ccc(F)cc1Cl)NCCCc1ccccc1. The van der Waals surface area contributed by atoms with E-state index in [1.165, 1.54) is 17.7 Å². The van der Waals surface area contributed by atoms with E-state index in [4.69, 9.17) is 11.6 Å². The van der Waals surface area contributed by atoms with Crippen molar-refractivity contribution in [3.63, 3.8) is 0 Å². The van der Waals surface area contributed by atoms with Gasteiger partial charge in [-0.25, -0.2) is 4.39 Å². The van der Waals surface area contributed by atoms with Crippen LogP contribution in [0.3, 0.4) is 0 Å². The first kappa shape index (κ1) is 21.3. The maximum atomic E-state index is 13.3. The smallest absolute Gasteiger partial charge is 0.237 e. The molecule has 2 aromatic carbocycles. The number of carbonyl (C=O) groups is 2. The molecule has 29 heavy (non-hydrogen) atoms. The zero-order chi connectivity index (χ0) is 20.6. The lowest BCUT2D eigenvalue weighted by Gasteiger charge is -2.34. The molecule has 0 radical (unpaired) electrons. The third kappa shape index (κ3) is 6.27. The van der Waals surface area contributed by atoms with Crippen LogP contribution >= 0.6 is 11.6 Å². The van der Waals surface area contributed by atoms with Crippen molar-refractivity contribution < 1.29 is 14.0 Å². The number of aryl methyl sites for hydroxylation is 1. The molecular weight excluding hydrogens is 393 g/mol. The molecule has 154 valence electrons. The Balaban J connectivity index is 1.51. The van der Waals surface area contributed by atoms with Crippen molar-refractivity contribution in [3.8, 4) is 0 Å². The van der Waals surface area contributed by atoms with Crippen molar-refractivity contribution in [1.82, 2.24) is 15.5 Å². The zero-order valence-corrected chi connectivity index (χ0v) is 16.9. The normalized spacial score (nSPS) is 17.0. The molecule has 2 aromatic rings. The van der Waals surface area contributed by atoms with Crippen molar-refractivity contribution in [2.24, 2.45) is 0 Å². The largest absolute Gasteiger partial charge is 0.356 e. The van der Waals surface area contributed by atoms with Gasteiger partial charge in [-0.05, 0) is 36.1 Å². The predicted molar refractivity (Wildman–Crippen MR) is 111 cm³/mol. The van der Waals surface area contributed by atoms with E-state index in [-0.39, 0.29) is 18.2 Å². The average molecular weight is 418 g/mol. The molecule has 1 atom stereocenters. The maximum Gasteiger partial charge on any atom is 0.237 e. The number of amides is 2. The molecule has 0 unspecified atom stereocenters. The van der Waals surface area contributed by atoms with Gasteiger partial charge in [0.2, 0.25) is 11.8 Å². The summed E-state index contributed by atoms with van der Waals surface area (Å²) in [5.41, 5.74) is 1.96. The molecule has 5 nitrogen and oxygen atoms in total. The molecule has 0 saturated carbocycles. The minimum Gasteiger partial charge on any atom is -0.356 e. The molecule has 0 aliphatic carbocycles. The highest BCUT2D eigenvalue weighted by atomic mass is 35.5. The highest BCUT2D eigenvalue weighted by molar-refractivity contribution is 6.31. The van der Waals surface area contributed by atoms with E-state index in [0.717, 1.165) is 18.4 Å². The second-order valence-electron chi connectivity index (χ2n) is 7.16. The summed E-state index contributed by atoms with van der Waals surface area (Å²) >= 11 is 6.13. The van der Waals surface area contributed by atoms with Crippen LogP contribution in [0.2, 0.25) is 5.02 Å². The second kappa shape index (κ2) is 10.4. The number of rotatable bonds is 8. The molecule has 1 fully saturated rings. The Morgan fingerprint density at radius 1 is 1.24 bits per heavy atom. The monoisotopic (exact) mass is 417 g/mol. The van der Waals surface area contributed by atoms with Gasteiger partial charge in [-0.1, -0.05) is 48.0 Å². The van der Waals surface area contributed by atoms with Crippen molar-refractivity contribution in [2.75, 3.05) is 19.6 Å². The van der Waals surface area contributed by atoms with Gasteiger partial charge in [-0.2, -0.15) is 0 Å². The molecule has 0 bridgehead atoms. The third-order valence-corrected chi connectivity index (χ3v) is 5.37. The Kier molecular flexibility index (Phi) is 7.61. The van der Waals surface area contributed by atoms with E-state index in [1.807, 2.05) is 23.1 Å². The number of hydrogen-bond acceptors (Lipinski definition) is 3. The van der Waals surface area contributed by atoms with Crippen LogP contribution in [0.15, 0.2) is 48.5 Å².